The van der Waals surface area contributed by atoms with E-state index in [2.05, 4.69) is 13.8 Å². The van der Waals surface area contributed by atoms with Crippen LogP contribution in [0, 0.1) is 17.3 Å². The fraction of sp³-hybridized carbons (Fsp3) is 1.00. The summed E-state index contributed by atoms with van der Waals surface area (Å²) in [6.45, 7) is 6.17. The molecule has 4 heteroatoms. The Balaban J connectivity index is 1.95. The van der Waals surface area contributed by atoms with E-state index < -0.39 is 11.4 Å². The molecule has 3 nitrogen and oxygen atoms in total. The van der Waals surface area contributed by atoms with Crippen LogP contribution in [0.1, 0.15) is 46.5 Å². The number of halogens is 1. The van der Waals surface area contributed by atoms with Crippen LogP contribution in [0.4, 0.5) is 0 Å². The second-order valence-corrected chi connectivity index (χ2v) is 7.85. The van der Waals surface area contributed by atoms with E-state index in [0.717, 1.165) is 12.8 Å². The topological polar surface area (TPSA) is 49.7 Å². The Bertz CT molecular complexity index is 368. The molecule has 2 saturated heterocycles. The van der Waals surface area contributed by atoms with Crippen LogP contribution < -0.4 is 0 Å². The average Bonchev–Trinajstić information content (AvgIpc) is 2.66. The zero-order chi connectivity index (χ0) is 13.3. The van der Waals surface area contributed by atoms with Gasteiger partial charge in [-0.15, -0.1) is 11.6 Å². The van der Waals surface area contributed by atoms with E-state index in [1.807, 2.05) is 0 Å². The summed E-state index contributed by atoms with van der Waals surface area (Å²) in [5.41, 5.74) is -0.870. The van der Waals surface area contributed by atoms with Crippen LogP contribution in [-0.4, -0.2) is 33.1 Å². The Kier molecular flexibility index (Phi) is 2.65. The molecule has 1 saturated carbocycles. The Morgan fingerprint density at radius 1 is 1.17 bits per heavy atom. The van der Waals surface area contributed by atoms with E-state index in [-0.39, 0.29) is 22.8 Å². The molecular formula is C14H23ClO3. The van der Waals surface area contributed by atoms with Crippen molar-refractivity contribution in [2.45, 2.75) is 69.3 Å². The van der Waals surface area contributed by atoms with Gasteiger partial charge in [0.2, 0.25) is 0 Å². The lowest BCUT2D eigenvalue weighted by molar-refractivity contribution is -0.303. The molecule has 0 unspecified atom stereocenters. The molecule has 6 atom stereocenters. The summed E-state index contributed by atoms with van der Waals surface area (Å²) in [6, 6.07) is 0. The van der Waals surface area contributed by atoms with Crippen LogP contribution >= 0.6 is 11.6 Å². The van der Waals surface area contributed by atoms with E-state index in [1.54, 1.807) is 6.92 Å². The first-order valence-corrected chi connectivity index (χ1v) is 7.37. The van der Waals surface area contributed by atoms with Gasteiger partial charge in [0.1, 0.15) is 5.60 Å². The zero-order valence-electron chi connectivity index (χ0n) is 11.3. The van der Waals surface area contributed by atoms with E-state index in [1.165, 1.54) is 0 Å². The molecule has 18 heavy (non-hydrogen) atoms. The van der Waals surface area contributed by atoms with E-state index in [0.29, 0.717) is 18.8 Å². The van der Waals surface area contributed by atoms with Crippen LogP contribution in [0.2, 0.25) is 0 Å². The Morgan fingerprint density at radius 3 is 2.44 bits per heavy atom. The number of ether oxygens (including phenoxy) is 1. The molecule has 104 valence electrons. The molecule has 0 aromatic carbocycles. The van der Waals surface area contributed by atoms with Gasteiger partial charge in [0, 0.05) is 12.3 Å². The largest absolute Gasteiger partial charge is 0.386 e. The standard InChI is InChI=1S/C14H23ClO3/c1-12(2)7-9-8(12)6-10(15)13(3,16)11-4-5-14(9,17)18-11/h8-11,16-17H,4-7H2,1-3H3/t8-,9+,10-,11-,13-,14-/m1/s1. The summed E-state index contributed by atoms with van der Waals surface area (Å²) >= 11 is 6.43. The first-order valence-electron chi connectivity index (χ1n) is 6.93. The zero-order valence-corrected chi connectivity index (χ0v) is 12.1. The third-order valence-corrected chi connectivity index (χ3v) is 6.29. The fourth-order valence-electron chi connectivity index (χ4n) is 4.25. The first kappa shape index (κ1) is 13.2. The summed E-state index contributed by atoms with van der Waals surface area (Å²) in [5, 5.41) is 21.0. The lowest BCUT2D eigenvalue weighted by atomic mass is 9.51. The van der Waals surface area contributed by atoms with E-state index in [9.17, 15) is 10.2 Å². The third-order valence-electron chi connectivity index (χ3n) is 5.67. The smallest absolute Gasteiger partial charge is 0.169 e. The highest BCUT2D eigenvalue weighted by Crippen LogP contribution is 2.62. The fourth-order valence-corrected chi connectivity index (χ4v) is 4.58. The van der Waals surface area contributed by atoms with Crippen LogP contribution in [0.5, 0.6) is 0 Å². The lowest BCUT2D eigenvalue weighted by Gasteiger charge is -2.58. The highest BCUT2D eigenvalue weighted by Gasteiger charge is 2.63. The molecule has 3 aliphatic rings. The van der Waals surface area contributed by atoms with Crippen molar-refractivity contribution < 1.29 is 14.9 Å². The Hall–Kier alpha value is 0.170. The van der Waals surface area contributed by atoms with Gasteiger partial charge in [0.15, 0.2) is 5.79 Å². The van der Waals surface area contributed by atoms with Gasteiger partial charge in [-0.3, -0.25) is 0 Å². The number of hydrogen-bond donors (Lipinski definition) is 2. The maximum absolute atomic E-state index is 10.7. The quantitative estimate of drug-likeness (QED) is 0.667. The van der Waals surface area contributed by atoms with Gasteiger partial charge in [-0.2, -0.15) is 0 Å². The molecule has 2 bridgehead atoms. The molecule has 2 heterocycles. The summed E-state index contributed by atoms with van der Waals surface area (Å²) in [4.78, 5) is 0. The predicted octanol–water partition coefficient (Wildman–Crippen LogP) is 2.28. The van der Waals surface area contributed by atoms with E-state index >= 15 is 0 Å². The molecule has 3 rings (SSSR count). The van der Waals surface area contributed by atoms with Crippen molar-refractivity contribution in [3.05, 3.63) is 0 Å². The molecule has 2 N–H and O–H groups in total. The van der Waals surface area contributed by atoms with E-state index in [4.69, 9.17) is 16.3 Å². The molecule has 0 aromatic rings. The van der Waals surface area contributed by atoms with Gasteiger partial charge < -0.3 is 14.9 Å². The van der Waals surface area contributed by atoms with Crippen molar-refractivity contribution in [1.82, 2.24) is 0 Å². The normalized spacial score (nSPS) is 58.3. The molecule has 0 spiro atoms. The van der Waals surface area contributed by atoms with Crippen LogP contribution in [0.15, 0.2) is 0 Å². The Labute approximate surface area is 113 Å². The summed E-state index contributed by atoms with van der Waals surface area (Å²) in [5.74, 6) is -0.531. The van der Waals surface area contributed by atoms with Crippen LogP contribution in [0.3, 0.4) is 0 Å². The molecule has 0 amide bonds. The minimum Gasteiger partial charge on any atom is -0.386 e. The SMILES string of the molecule is CC1(C)C[C@H]2[C@H]1C[C@@H](Cl)[C@@](C)(O)[C@H]1CC[C@@]2(O)O1. The molecule has 0 radical (unpaired) electrons. The van der Waals surface area contributed by atoms with Gasteiger partial charge in [-0.1, -0.05) is 13.8 Å². The monoisotopic (exact) mass is 274 g/mol. The number of alkyl halides is 1. The molecule has 0 aromatic heterocycles. The Morgan fingerprint density at radius 2 is 1.83 bits per heavy atom. The van der Waals surface area contributed by atoms with Crippen molar-refractivity contribution >= 4 is 11.6 Å². The highest BCUT2D eigenvalue weighted by molar-refractivity contribution is 6.21. The van der Waals surface area contributed by atoms with Gasteiger partial charge >= 0.3 is 0 Å². The number of rotatable bonds is 0. The second-order valence-electron chi connectivity index (χ2n) is 7.32. The minimum absolute atomic E-state index is 0.176. The predicted molar refractivity (Wildman–Crippen MR) is 69.3 cm³/mol. The maximum atomic E-state index is 10.7. The summed E-state index contributed by atoms with van der Waals surface area (Å²) in [7, 11) is 0. The maximum Gasteiger partial charge on any atom is 0.169 e. The average molecular weight is 275 g/mol. The minimum atomic E-state index is -1.05. The number of aliphatic hydroxyl groups is 2. The lowest BCUT2D eigenvalue weighted by Crippen LogP contribution is -2.61. The van der Waals surface area contributed by atoms with Crippen molar-refractivity contribution in [3.63, 3.8) is 0 Å². The van der Waals surface area contributed by atoms with Crippen molar-refractivity contribution in [2.75, 3.05) is 0 Å². The molecular weight excluding hydrogens is 252 g/mol. The summed E-state index contributed by atoms with van der Waals surface area (Å²) < 4.78 is 5.82. The molecule has 3 fully saturated rings. The number of fused-ring (bicyclic) bond motifs is 4. The van der Waals surface area contributed by atoms with Gasteiger partial charge in [0.25, 0.3) is 0 Å². The van der Waals surface area contributed by atoms with Crippen molar-refractivity contribution in [3.8, 4) is 0 Å². The van der Waals surface area contributed by atoms with Crippen molar-refractivity contribution in [2.24, 2.45) is 17.3 Å². The van der Waals surface area contributed by atoms with Gasteiger partial charge in [-0.25, -0.2) is 0 Å². The van der Waals surface area contributed by atoms with Gasteiger partial charge in [0.05, 0.1) is 11.5 Å². The molecule has 1 aliphatic carbocycles. The van der Waals surface area contributed by atoms with Crippen LogP contribution in [-0.2, 0) is 4.74 Å². The number of hydrogen-bond acceptors (Lipinski definition) is 3. The first-order chi connectivity index (χ1) is 8.17. The molecule has 2 aliphatic heterocycles. The second kappa shape index (κ2) is 3.63. The van der Waals surface area contributed by atoms with Crippen molar-refractivity contribution in [1.29, 1.82) is 0 Å². The van der Waals surface area contributed by atoms with Crippen LogP contribution in [0.25, 0.3) is 0 Å². The third kappa shape index (κ3) is 1.60. The summed E-state index contributed by atoms with van der Waals surface area (Å²) in [6.07, 6.45) is 2.71. The van der Waals surface area contributed by atoms with Gasteiger partial charge in [-0.05, 0) is 37.5 Å². The highest BCUT2D eigenvalue weighted by atomic mass is 35.5.